The van der Waals surface area contributed by atoms with E-state index < -0.39 is 22.0 Å². The summed E-state index contributed by atoms with van der Waals surface area (Å²) < 4.78 is 32.5. The van der Waals surface area contributed by atoms with Crippen LogP contribution in [0.15, 0.2) is 53.4 Å². The van der Waals surface area contributed by atoms with Crippen LogP contribution in [0.25, 0.3) is 0 Å². The number of aromatic hydroxyl groups is 1. The van der Waals surface area contributed by atoms with Gasteiger partial charge in [0.05, 0.1) is 18.8 Å². The number of nitrogens with one attached hydrogen (secondary N) is 2. The van der Waals surface area contributed by atoms with Crippen LogP contribution < -0.4 is 10.0 Å². The zero-order valence-electron chi connectivity index (χ0n) is 14.8. The monoisotopic (exact) mass is 405 g/mol. The highest BCUT2D eigenvalue weighted by atomic mass is 32.2. The number of phenolic OH excluding ortho intramolecular Hbond substituents is 1. The Balaban J connectivity index is 1.78. The molecule has 0 aromatic heterocycles. The highest BCUT2D eigenvalue weighted by molar-refractivity contribution is 7.90. The van der Waals surface area contributed by atoms with Gasteiger partial charge in [-0.15, -0.1) is 0 Å². The number of sulfonamides is 1. The maximum absolute atomic E-state index is 12.7. The Morgan fingerprint density at radius 2 is 1.64 bits per heavy atom. The first kappa shape index (κ1) is 19.6. The van der Waals surface area contributed by atoms with Crippen LogP contribution in [0.1, 0.15) is 10.4 Å². The number of benzene rings is 2. The van der Waals surface area contributed by atoms with Crippen LogP contribution in [0, 0.1) is 0 Å². The predicted octanol–water partition coefficient (Wildman–Crippen LogP) is 1.37. The molecule has 1 aliphatic heterocycles. The topological polar surface area (TPSA) is 125 Å². The van der Waals surface area contributed by atoms with Crippen molar-refractivity contribution in [3.8, 4) is 5.75 Å². The summed E-state index contributed by atoms with van der Waals surface area (Å²) in [5, 5.41) is 11.6. The molecule has 3 rings (SSSR count). The maximum atomic E-state index is 12.7. The van der Waals surface area contributed by atoms with Crippen molar-refractivity contribution in [2.45, 2.75) is 4.90 Å². The summed E-state index contributed by atoms with van der Waals surface area (Å²) in [6, 6.07) is 10.2. The lowest BCUT2D eigenvalue weighted by atomic mass is 10.2. The Morgan fingerprint density at radius 3 is 2.32 bits per heavy atom. The lowest BCUT2D eigenvalue weighted by Gasteiger charge is -2.27. The highest BCUT2D eigenvalue weighted by Crippen LogP contribution is 2.19. The van der Waals surface area contributed by atoms with E-state index in [0.717, 1.165) is 0 Å². The summed E-state index contributed by atoms with van der Waals surface area (Å²) in [5.41, 5.74) is 0.275. The molecule has 0 radical (unpaired) electrons. The van der Waals surface area contributed by atoms with Gasteiger partial charge in [0.1, 0.15) is 10.6 Å². The van der Waals surface area contributed by atoms with E-state index in [2.05, 4.69) is 5.32 Å². The summed E-state index contributed by atoms with van der Waals surface area (Å²) in [4.78, 5) is 26.0. The third kappa shape index (κ3) is 4.59. The third-order valence-electron chi connectivity index (χ3n) is 4.06. The van der Waals surface area contributed by atoms with Crippen molar-refractivity contribution in [3.63, 3.8) is 0 Å². The predicted molar refractivity (Wildman–Crippen MR) is 101 cm³/mol. The number of carbonyl (C=O) groups is 2. The standard InChI is InChI=1S/C18H19N3O6S/c22-14-7-5-13(6-8-14)19-18(24)20-28(25,26)16-4-2-1-3-15(16)17(23)21-9-11-27-12-10-21/h1-8,22H,9-12H2,(H2,19,20,24). The van der Waals surface area contributed by atoms with Crippen molar-refractivity contribution in [1.29, 1.82) is 0 Å². The minimum Gasteiger partial charge on any atom is -0.508 e. The molecule has 0 aliphatic carbocycles. The zero-order valence-corrected chi connectivity index (χ0v) is 15.6. The number of anilines is 1. The van der Waals surface area contributed by atoms with Gasteiger partial charge in [-0.1, -0.05) is 12.1 Å². The lowest BCUT2D eigenvalue weighted by molar-refractivity contribution is 0.0300. The number of rotatable bonds is 4. The van der Waals surface area contributed by atoms with E-state index in [9.17, 15) is 23.1 Å². The fourth-order valence-electron chi connectivity index (χ4n) is 2.69. The van der Waals surface area contributed by atoms with E-state index in [-0.39, 0.29) is 16.2 Å². The third-order valence-corrected chi connectivity index (χ3v) is 5.45. The molecule has 0 atom stereocenters. The van der Waals surface area contributed by atoms with E-state index in [1.54, 1.807) is 6.07 Å². The highest BCUT2D eigenvalue weighted by Gasteiger charge is 2.27. The molecular weight excluding hydrogens is 386 g/mol. The first-order chi connectivity index (χ1) is 13.4. The molecule has 28 heavy (non-hydrogen) atoms. The molecule has 2 aromatic rings. The number of morpholine rings is 1. The molecule has 0 spiro atoms. The minimum absolute atomic E-state index is 0.00846. The van der Waals surface area contributed by atoms with E-state index in [0.29, 0.717) is 32.0 Å². The van der Waals surface area contributed by atoms with Gasteiger partial charge < -0.3 is 20.1 Å². The fraction of sp³-hybridized carbons (Fsp3) is 0.222. The molecule has 148 valence electrons. The van der Waals surface area contributed by atoms with Gasteiger partial charge in [-0.3, -0.25) is 4.79 Å². The average molecular weight is 405 g/mol. The largest absolute Gasteiger partial charge is 0.508 e. The van der Waals surface area contributed by atoms with Gasteiger partial charge in [0.15, 0.2) is 0 Å². The zero-order chi connectivity index (χ0) is 20.1. The summed E-state index contributed by atoms with van der Waals surface area (Å²) in [5.74, 6) is -0.433. The molecular formula is C18H19N3O6S. The summed E-state index contributed by atoms with van der Waals surface area (Å²) in [6.45, 7) is 1.49. The number of urea groups is 1. The van der Waals surface area contributed by atoms with Gasteiger partial charge in [-0.2, -0.15) is 0 Å². The SMILES string of the molecule is O=C(Nc1ccc(O)cc1)NS(=O)(=O)c1ccccc1C(=O)N1CCOCC1. The van der Waals surface area contributed by atoms with E-state index in [1.807, 2.05) is 4.72 Å². The molecule has 0 bridgehead atoms. The number of phenols is 1. The second-order valence-corrected chi connectivity index (χ2v) is 7.66. The van der Waals surface area contributed by atoms with Gasteiger partial charge in [0, 0.05) is 18.8 Å². The van der Waals surface area contributed by atoms with Crippen LogP contribution >= 0.6 is 0 Å². The first-order valence-electron chi connectivity index (χ1n) is 8.46. The molecule has 1 heterocycles. The number of carbonyl (C=O) groups excluding carboxylic acids is 2. The molecule has 1 aliphatic rings. The van der Waals surface area contributed by atoms with Gasteiger partial charge in [-0.25, -0.2) is 17.9 Å². The second kappa shape index (κ2) is 8.28. The molecule has 3 N–H and O–H groups in total. The van der Waals surface area contributed by atoms with E-state index in [4.69, 9.17) is 4.74 Å². The fourth-order valence-corrected chi connectivity index (χ4v) is 3.80. The van der Waals surface area contributed by atoms with Gasteiger partial charge in [0.25, 0.3) is 15.9 Å². The van der Waals surface area contributed by atoms with Crippen molar-refractivity contribution in [2.24, 2.45) is 0 Å². The van der Waals surface area contributed by atoms with Crippen LogP contribution in [-0.2, 0) is 14.8 Å². The number of nitrogens with zero attached hydrogens (tertiary/aromatic N) is 1. The smallest absolute Gasteiger partial charge is 0.333 e. The Kier molecular flexibility index (Phi) is 5.81. The van der Waals surface area contributed by atoms with Crippen LogP contribution in [0.5, 0.6) is 5.75 Å². The Morgan fingerprint density at radius 1 is 1.00 bits per heavy atom. The van der Waals surface area contributed by atoms with Crippen LogP contribution in [-0.4, -0.2) is 56.7 Å². The number of hydrogen-bond donors (Lipinski definition) is 3. The van der Waals surface area contributed by atoms with E-state index in [1.165, 1.54) is 47.4 Å². The van der Waals surface area contributed by atoms with Crippen LogP contribution in [0.4, 0.5) is 10.5 Å². The van der Waals surface area contributed by atoms with Crippen molar-refractivity contribution in [2.75, 3.05) is 31.6 Å². The minimum atomic E-state index is -4.29. The Labute approximate surface area is 162 Å². The van der Waals surface area contributed by atoms with Crippen LogP contribution in [0.3, 0.4) is 0 Å². The van der Waals surface area contributed by atoms with Gasteiger partial charge in [-0.05, 0) is 36.4 Å². The van der Waals surface area contributed by atoms with Gasteiger partial charge >= 0.3 is 6.03 Å². The molecule has 0 unspecified atom stereocenters. The molecule has 0 saturated carbocycles. The molecule has 2 aromatic carbocycles. The quantitative estimate of drug-likeness (QED) is 0.660. The van der Waals surface area contributed by atoms with E-state index >= 15 is 0 Å². The second-order valence-electron chi connectivity index (χ2n) is 6.01. The summed E-state index contributed by atoms with van der Waals surface area (Å²) >= 11 is 0. The van der Waals surface area contributed by atoms with Crippen molar-refractivity contribution in [3.05, 3.63) is 54.1 Å². The maximum Gasteiger partial charge on any atom is 0.333 e. The number of hydrogen-bond acceptors (Lipinski definition) is 6. The van der Waals surface area contributed by atoms with Crippen LogP contribution in [0.2, 0.25) is 0 Å². The molecule has 1 fully saturated rings. The first-order valence-corrected chi connectivity index (χ1v) is 9.94. The van der Waals surface area contributed by atoms with Crippen molar-refractivity contribution in [1.82, 2.24) is 9.62 Å². The summed E-state index contributed by atoms with van der Waals surface area (Å²) in [7, 11) is -4.29. The molecule has 3 amide bonds. The van der Waals surface area contributed by atoms with Crippen molar-refractivity contribution < 1.29 is 27.9 Å². The average Bonchev–Trinajstić information content (AvgIpc) is 2.69. The lowest BCUT2D eigenvalue weighted by Crippen LogP contribution is -2.42. The van der Waals surface area contributed by atoms with Gasteiger partial charge in [0.2, 0.25) is 0 Å². The Bertz CT molecular complexity index is 969. The number of amides is 3. The normalized spacial score (nSPS) is 14.4. The molecule has 1 saturated heterocycles. The molecule has 10 heteroatoms. The summed E-state index contributed by atoms with van der Waals surface area (Å²) in [6.07, 6.45) is 0. The number of ether oxygens (including phenoxy) is 1. The molecule has 9 nitrogen and oxygen atoms in total. The Hall–Kier alpha value is -3.11. The van der Waals surface area contributed by atoms with Crippen molar-refractivity contribution >= 4 is 27.6 Å².